The van der Waals surface area contributed by atoms with Gasteiger partial charge in [0.05, 0.1) is 12.3 Å². The number of carbonyl (C=O) groups excluding carboxylic acids is 1. The fourth-order valence-corrected chi connectivity index (χ4v) is 2.23. The predicted octanol–water partition coefficient (Wildman–Crippen LogP) is 2.45. The molecule has 0 aliphatic carbocycles. The lowest BCUT2D eigenvalue weighted by Gasteiger charge is -2.26. The van der Waals surface area contributed by atoms with Crippen molar-refractivity contribution in [1.29, 1.82) is 0 Å². The van der Waals surface area contributed by atoms with Gasteiger partial charge in [-0.3, -0.25) is 10.00 Å². The highest BCUT2D eigenvalue weighted by Gasteiger charge is 2.49. The van der Waals surface area contributed by atoms with Gasteiger partial charge in [-0.1, -0.05) is 30.3 Å². The summed E-state index contributed by atoms with van der Waals surface area (Å²) in [4.78, 5) is 11.7. The van der Waals surface area contributed by atoms with E-state index < -0.39 is 17.9 Å². The van der Waals surface area contributed by atoms with E-state index in [2.05, 4.69) is 15.2 Å². The van der Waals surface area contributed by atoms with Crippen LogP contribution in [0.15, 0.2) is 42.6 Å². The lowest BCUT2D eigenvalue weighted by Crippen LogP contribution is -2.44. The van der Waals surface area contributed by atoms with E-state index in [-0.39, 0.29) is 13.2 Å². The van der Waals surface area contributed by atoms with Crippen LogP contribution in [0.2, 0.25) is 0 Å². The SMILES string of the molecule is CCOC(=O)C(F)(F)[C@H](NCc1ccnn1C)c1ccccc1. The fourth-order valence-electron chi connectivity index (χ4n) is 2.23. The Balaban J connectivity index is 2.25. The Morgan fingerprint density at radius 2 is 2.04 bits per heavy atom. The number of alkyl halides is 2. The number of ether oxygens (including phenoxy) is 1. The molecular weight excluding hydrogens is 304 g/mol. The van der Waals surface area contributed by atoms with Crippen molar-refractivity contribution in [2.24, 2.45) is 7.05 Å². The standard InChI is InChI=1S/C16H19F2N3O2/c1-3-23-15(22)16(17,18)14(12-7-5-4-6-8-12)19-11-13-9-10-20-21(13)2/h4-10,14,19H,3,11H2,1-2H3/t14-/m1/s1. The van der Waals surface area contributed by atoms with Crippen LogP contribution in [0.25, 0.3) is 0 Å². The normalized spacial score (nSPS) is 12.9. The van der Waals surface area contributed by atoms with Crippen LogP contribution in [0.1, 0.15) is 24.2 Å². The second kappa shape index (κ2) is 7.32. The summed E-state index contributed by atoms with van der Waals surface area (Å²) >= 11 is 0. The number of halogens is 2. The summed E-state index contributed by atoms with van der Waals surface area (Å²) in [6, 6.07) is 8.35. The third-order valence-corrected chi connectivity index (χ3v) is 3.45. The molecule has 1 atom stereocenters. The third-order valence-electron chi connectivity index (χ3n) is 3.45. The Kier molecular flexibility index (Phi) is 5.44. The van der Waals surface area contributed by atoms with Gasteiger partial charge >= 0.3 is 11.9 Å². The molecule has 1 aromatic heterocycles. The average molecular weight is 323 g/mol. The van der Waals surface area contributed by atoms with Crippen molar-refractivity contribution in [3.05, 3.63) is 53.9 Å². The fraction of sp³-hybridized carbons (Fsp3) is 0.375. The van der Waals surface area contributed by atoms with Crippen LogP contribution in [0.5, 0.6) is 0 Å². The molecule has 0 spiro atoms. The zero-order valence-corrected chi connectivity index (χ0v) is 13.0. The van der Waals surface area contributed by atoms with Gasteiger partial charge in [0.15, 0.2) is 0 Å². The molecular formula is C16H19F2N3O2. The molecule has 2 rings (SSSR count). The summed E-state index contributed by atoms with van der Waals surface area (Å²) < 4.78 is 35.2. The number of nitrogens with one attached hydrogen (secondary N) is 1. The van der Waals surface area contributed by atoms with Crippen molar-refractivity contribution in [3.63, 3.8) is 0 Å². The molecule has 0 amide bonds. The summed E-state index contributed by atoms with van der Waals surface area (Å²) in [5.41, 5.74) is 1.04. The van der Waals surface area contributed by atoms with Gasteiger partial charge in [0.2, 0.25) is 0 Å². The number of benzene rings is 1. The smallest absolute Gasteiger partial charge is 0.379 e. The Morgan fingerprint density at radius 3 is 2.61 bits per heavy atom. The quantitative estimate of drug-likeness (QED) is 0.795. The van der Waals surface area contributed by atoms with Crippen LogP contribution >= 0.6 is 0 Å². The summed E-state index contributed by atoms with van der Waals surface area (Å²) in [5.74, 6) is -5.22. The molecule has 23 heavy (non-hydrogen) atoms. The van der Waals surface area contributed by atoms with Gasteiger partial charge in [0, 0.05) is 19.8 Å². The zero-order valence-electron chi connectivity index (χ0n) is 13.0. The van der Waals surface area contributed by atoms with E-state index in [4.69, 9.17) is 0 Å². The van der Waals surface area contributed by atoms with Crippen molar-refractivity contribution in [2.75, 3.05) is 6.61 Å². The van der Waals surface area contributed by atoms with Gasteiger partial charge in [-0.25, -0.2) is 4.79 Å². The molecule has 5 nitrogen and oxygen atoms in total. The maximum Gasteiger partial charge on any atom is 0.379 e. The van der Waals surface area contributed by atoms with Crippen LogP contribution in [0.3, 0.4) is 0 Å². The molecule has 1 heterocycles. The van der Waals surface area contributed by atoms with Crippen LogP contribution < -0.4 is 5.32 Å². The van der Waals surface area contributed by atoms with Crippen LogP contribution in [0.4, 0.5) is 8.78 Å². The van der Waals surface area contributed by atoms with Crippen molar-refractivity contribution in [1.82, 2.24) is 15.1 Å². The van der Waals surface area contributed by atoms with E-state index in [1.807, 2.05) is 0 Å². The topological polar surface area (TPSA) is 56.1 Å². The number of hydrogen-bond donors (Lipinski definition) is 1. The summed E-state index contributed by atoms with van der Waals surface area (Å²) in [5, 5.41) is 6.74. The largest absolute Gasteiger partial charge is 0.462 e. The molecule has 0 saturated carbocycles. The van der Waals surface area contributed by atoms with Gasteiger partial charge in [0.1, 0.15) is 6.04 Å². The Labute approximate surface area is 133 Å². The minimum Gasteiger partial charge on any atom is -0.462 e. The number of rotatable bonds is 7. The highest BCUT2D eigenvalue weighted by atomic mass is 19.3. The molecule has 1 aromatic carbocycles. The van der Waals surface area contributed by atoms with Crippen LogP contribution in [-0.4, -0.2) is 28.3 Å². The van der Waals surface area contributed by atoms with Crippen molar-refractivity contribution in [2.45, 2.75) is 25.4 Å². The van der Waals surface area contributed by atoms with Gasteiger partial charge in [-0.15, -0.1) is 0 Å². The molecule has 0 radical (unpaired) electrons. The molecule has 0 aliphatic rings. The molecule has 0 saturated heterocycles. The number of carbonyl (C=O) groups is 1. The van der Waals surface area contributed by atoms with Gasteiger partial charge < -0.3 is 4.74 Å². The second-order valence-corrected chi connectivity index (χ2v) is 5.01. The van der Waals surface area contributed by atoms with E-state index in [0.717, 1.165) is 5.69 Å². The Hall–Kier alpha value is -2.28. The first-order valence-electron chi connectivity index (χ1n) is 7.27. The average Bonchev–Trinajstić information content (AvgIpc) is 2.94. The van der Waals surface area contributed by atoms with E-state index >= 15 is 0 Å². The minimum absolute atomic E-state index is 0.0995. The number of nitrogens with zero attached hydrogens (tertiary/aromatic N) is 2. The Morgan fingerprint density at radius 1 is 1.35 bits per heavy atom. The molecule has 0 fully saturated rings. The maximum atomic E-state index is 14.5. The van der Waals surface area contributed by atoms with Crippen molar-refractivity contribution >= 4 is 5.97 Å². The summed E-state index contributed by atoms with van der Waals surface area (Å²) in [6.45, 7) is 1.54. The maximum absolute atomic E-state index is 14.5. The van der Waals surface area contributed by atoms with Crippen molar-refractivity contribution in [3.8, 4) is 0 Å². The highest BCUT2D eigenvalue weighted by molar-refractivity contribution is 5.79. The zero-order chi connectivity index (χ0) is 16.9. The molecule has 2 aromatic rings. The van der Waals surface area contributed by atoms with E-state index in [0.29, 0.717) is 5.56 Å². The van der Waals surface area contributed by atoms with Crippen molar-refractivity contribution < 1.29 is 18.3 Å². The van der Waals surface area contributed by atoms with E-state index in [1.165, 1.54) is 6.92 Å². The third kappa shape index (κ3) is 3.92. The molecule has 0 aliphatic heterocycles. The van der Waals surface area contributed by atoms with Gasteiger partial charge in [-0.2, -0.15) is 13.9 Å². The minimum atomic E-state index is -3.68. The molecule has 7 heteroatoms. The predicted molar refractivity (Wildman–Crippen MR) is 80.8 cm³/mol. The Bertz CT molecular complexity index is 644. The summed E-state index contributed by atoms with van der Waals surface area (Å²) in [7, 11) is 1.72. The van der Waals surface area contributed by atoms with E-state index in [1.54, 1.807) is 54.3 Å². The van der Waals surface area contributed by atoms with Gasteiger partial charge in [0.25, 0.3) is 0 Å². The van der Waals surface area contributed by atoms with Crippen LogP contribution in [-0.2, 0) is 23.1 Å². The monoisotopic (exact) mass is 323 g/mol. The number of esters is 1. The lowest BCUT2D eigenvalue weighted by atomic mass is 10.00. The highest BCUT2D eigenvalue weighted by Crippen LogP contribution is 2.33. The first kappa shape index (κ1) is 17.1. The van der Waals surface area contributed by atoms with E-state index in [9.17, 15) is 13.6 Å². The second-order valence-electron chi connectivity index (χ2n) is 5.01. The molecule has 1 N–H and O–H groups in total. The number of aryl methyl sites for hydroxylation is 1. The number of hydrogen-bond acceptors (Lipinski definition) is 4. The molecule has 124 valence electrons. The van der Waals surface area contributed by atoms with Crippen LogP contribution in [0, 0.1) is 0 Å². The number of aromatic nitrogens is 2. The molecule has 0 unspecified atom stereocenters. The lowest BCUT2D eigenvalue weighted by molar-refractivity contribution is -0.176. The summed E-state index contributed by atoms with van der Waals surface area (Å²) in [6.07, 6.45) is 1.58. The molecule has 0 bridgehead atoms. The first-order chi connectivity index (χ1) is 11.0. The van der Waals surface area contributed by atoms with Gasteiger partial charge in [-0.05, 0) is 18.6 Å². The first-order valence-corrected chi connectivity index (χ1v) is 7.27.